The summed E-state index contributed by atoms with van der Waals surface area (Å²) >= 11 is 0. The molecular weight excluding hydrogens is 451 g/mol. The summed E-state index contributed by atoms with van der Waals surface area (Å²) in [6.45, 7) is 3.67. The molecule has 33 heavy (non-hydrogen) atoms. The van der Waals surface area contributed by atoms with E-state index in [0.717, 1.165) is 24.5 Å². The second-order valence-electron chi connectivity index (χ2n) is 8.14. The van der Waals surface area contributed by atoms with Gasteiger partial charge in [-0.15, -0.1) is 0 Å². The normalized spacial score (nSPS) is 18.8. The van der Waals surface area contributed by atoms with Crippen LogP contribution in [0.5, 0.6) is 0 Å². The molecule has 11 heteroatoms. The third kappa shape index (κ3) is 5.32. The second-order valence-corrected chi connectivity index (χ2v) is 10.1. The number of hydrogen-bond donors (Lipinski definition) is 1. The Morgan fingerprint density at radius 1 is 1.06 bits per heavy atom. The molecule has 0 saturated carbocycles. The lowest BCUT2D eigenvalue weighted by atomic mass is 10.0. The Hall–Kier alpha value is -2.60. The Kier molecular flexibility index (Phi) is 7.23. The van der Waals surface area contributed by atoms with Gasteiger partial charge in [-0.3, -0.25) is 15.0 Å². The Balaban J connectivity index is 1.58. The molecular formula is C22H27FN4O5S. The molecule has 2 aromatic rings. The lowest BCUT2D eigenvalue weighted by Gasteiger charge is -2.35. The first kappa shape index (κ1) is 23.6. The van der Waals surface area contributed by atoms with E-state index >= 15 is 0 Å². The number of morpholine rings is 1. The molecule has 1 atom stereocenters. The van der Waals surface area contributed by atoms with Crippen LogP contribution in [-0.4, -0.2) is 68.5 Å². The smallest absolute Gasteiger partial charge is 0.293 e. The SMILES string of the molecule is O=[N+]([O-])c1cc(S(=O)(=O)N2CCCC2)ccc1NCC(c1ccc(F)cc1)N1CCOCC1. The number of nitrogens with zero attached hydrogens (tertiary/aromatic N) is 3. The summed E-state index contributed by atoms with van der Waals surface area (Å²) in [4.78, 5) is 13.3. The lowest BCUT2D eigenvalue weighted by molar-refractivity contribution is -0.384. The molecule has 2 aromatic carbocycles. The van der Waals surface area contributed by atoms with E-state index in [4.69, 9.17) is 4.74 Å². The average Bonchev–Trinajstić information content (AvgIpc) is 3.37. The standard InChI is InChI=1S/C22H27FN4O5S/c23-18-5-3-17(4-6-18)22(25-11-13-32-14-12-25)16-24-20-8-7-19(15-21(20)27(28)29)33(30,31)26-9-1-2-10-26/h3-8,15,22,24H,1-2,9-14,16H2. The van der Waals surface area contributed by atoms with Crippen molar-refractivity contribution in [3.8, 4) is 0 Å². The van der Waals surface area contributed by atoms with Crippen molar-refractivity contribution in [3.05, 3.63) is 64.0 Å². The highest BCUT2D eigenvalue weighted by molar-refractivity contribution is 7.89. The fourth-order valence-electron chi connectivity index (χ4n) is 4.29. The number of sulfonamides is 1. The van der Waals surface area contributed by atoms with Crippen molar-refractivity contribution in [2.24, 2.45) is 0 Å². The van der Waals surface area contributed by atoms with Gasteiger partial charge in [0.2, 0.25) is 10.0 Å². The van der Waals surface area contributed by atoms with E-state index in [2.05, 4.69) is 10.2 Å². The van der Waals surface area contributed by atoms with Crippen LogP contribution in [0, 0.1) is 15.9 Å². The summed E-state index contributed by atoms with van der Waals surface area (Å²) in [5.74, 6) is -0.335. The van der Waals surface area contributed by atoms with Crippen LogP contribution in [0.1, 0.15) is 24.4 Å². The molecule has 0 aliphatic carbocycles. The fourth-order valence-corrected chi connectivity index (χ4v) is 5.83. The fraction of sp³-hybridized carbons (Fsp3) is 0.455. The number of nitro groups is 1. The van der Waals surface area contributed by atoms with Crippen molar-refractivity contribution in [3.63, 3.8) is 0 Å². The summed E-state index contributed by atoms with van der Waals surface area (Å²) in [7, 11) is -3.76. The minimum Gasteiger partial charge on any atom is -0.379 e. The number of rotatable bonds is 8. The minimum absolute atomic E-state index is 0.0788. The predicted molar refractivity (Wildman–Crippen MR) is 121 cm³/mol. The van der Waals surface area contributed by atoms with Crippen molar-refractivity contribution in [2.75, 3.05) is 51.3 Å². The van der Waals surface area contributed by atoms with E-state index in [-0.39, 0.29) is 28.1 Å². The Labute approximate surface area is 192 Å². The first-order valence-corrected chi connectivity index (χ1v) is 12.4. The minimum atomic E-state index is -3.76. The maximum Gasteiger partial charge on any atom is 0.293 e. The molecule has 0 aromatic heterocycles. The Morgan fingerprint density at radius 2 is 1.73 bits per heavy atom. The van der Waals surface area contributed by atoms with Crippen LogP contribution in [-0.2, 0) is 14.8 Å². The summed E-state index contributed by atoms with van der Waals surface area (Å²) in [6, 6.07) is 10.0. The van der Waals surface area contributed by atoms with E-state index in [9.17, 15) is 22.9 Å². The van der Waals surface area contributed by atoms with E-state index in [1.165, 1.54) is 28.6 Å². The Morgan fingerprint density at radius 3 is 2.36 bits per heavy atom. The van der Waals surface area contributed by atoms with Gasteiger partial charge in [-0.2, -0.15) is 4.31 Å². The average molecular weight is 479 g/mol. The van der Waals surface area contributed by atoms with Crippen molar-refractivity contribution in [2.45, 2.75) is 23.8 Å². The molecule has 9 nitrogen and oxygen atoms in total. The monoisotopic (exact) mass is 478 g/mol. The summed E-state index contributed by atoms with van der Waals surface area (Å²) < 4.78 is 45.9. The Bertz CT molecular complexity index is 1080. The molecule has 2 fully saturated rings. The molecule has 0 amide bonds. The van der Waals surface area contributed by atoms with E-state index < -0.39 is 14.9 Å². The van der Waals surface area contributed by atoms with Crippen molar-refractivity contribution >= 4 is 21.4 Å². The highest BCUT2D eigenvalue weighted by atomic mass is 32.2. The molecule has 2 aliphatic rings. The molecule has 2 aliphatic heterocycles. The number of anilines is 1. The van der Waals surface area contributed by atoms with Crippen molar-refractivity contribution in [1.82, 2.24) is 9.21 Å². The molecule has 2 saturated heterocycles. The van der Waals surface area contributed by atoms with Crippen LogP contribution in [0.15, 0.2) is 47.4 Å². The van der Waals surface area contributed by atoms with Crippen LogP contribution in [0.2, 0.25) is 0 Å². The largest absolute Gasteiger partial charge is 0.379 e. The van der Waals surface area contributed by atoms with Crippen LogP contribution in [0.3, 0.4) is 0 Å². The van der Waals surface area contributed by atoms with Crippen molar-refractivity contribution in [1.29, 1.82) is 0 Å². The molecule has 0 spiro atoms. The quantitative estimate of drug-likeness (QED) is 0.459. The van der Waals surface area contributed by atoms with E-state index in [1.807, 2.05) is 0 Å². The van der Waals surface area contributed by atoms with Crippen LogP contribution < -0.4 is 5.32 Å². The number of benzene rings is 2. The highest BCUT2D eigenvalue weighted by Gasteiger charge is 2.30. The summed E-state index contributed by atoms with van der Waals surface area (Å²) in [5.41, 5.74) is 0.817. The zero-order valence-corrected chi connectivity index (χ0v) is 19.0. The first-order valence-electron chi connectivity index (χ1n) is 11.0. The van der Waals surface area contributed by atoms with Gasteiger partial charge in [0.1, 0.15) is 11.5 Å². The highest BCUT2D eigenvalue weighted by Crippen LogP contribution is 2.31. The first-order chi connectivity index (χ1) is 15.9. The van der Waals surface area contributed by atoms with E-state index in [0.29, 0.717) is 45.9 Å². The van der Waals surface area contributed by atoms with Gasteiger partial charge in [0.25, 0.3) is 5.69 Å². The van der Waals surface area contributed by atoms with Gasteiger partial charge in [0, 0.05) is 38.8 Å². The number of ether oxygens (including phenoxy) is 1. The van der Waals surface area contributed by atoms with Gasteiger partial charge in [0.15, 0.2) is 0 Å². The summed E-state index contributed by atoms with van der Waals surface area (Å²) in [6.07, 6.45) is 1.57. The molecule has 2 heterocycles. The van der Waals surface area contributed by atoms with Gasteiger partial charge in [-0.1, -0.05) is 12.1 Å². The van der Waals surface area contributed by atoms with Gasteiger partial charge in [-0.25, -0.2) is 12.8 Å². The van der Waals surface area contributed by atoms with Gasteiger partial charge < -0.3 is 10.1 Å². The second kappa shape index (κ2) is 10.1. The molecule has 4 rings (SSSR count). The van der Waals surface area contributed by atoms with Gasteiger partial charge >= 0.3 is 0 Å². The lowest BCUT2D eigenvalue weighted by Crippen LogP contribution is -2.41. The van der Waals surface area contributed by atoms with Crippen LogP contribution >= 0.6 is 0 Å². The molecule has 0 bridgehead atoms. The predicted octanol–water partition coefficient (Wildman–Crippen LogP) is 3.00. The zero-order chi connectivity index (χ0) is 23.4. The molecule has 1 unspecified atom stereocenters. The molecule has 178 valence electrons. The molecule has 1 N–H and O–H groups in total. The van der Waals surface area contributed by atoms with Gasteiger partial charge in [0.05, 0.1) is 29.1 Å². The third-order valence-electron chi connectivity index (χ3n) is 6.10. The van der Waals surface area contributed by atoms with Crippen molar-refractivity contribution < 1.29 is 22.5 Å². The molecule has 0 radical (unpaired) electrons. The number of nitrogens with one attached hydrogen (secondary N) is 1. The number of nitro benzene ring substituents is 1. The number of halogens is 1. The van der Waals surface area contributed by atoms with Crippen LogP contribution in [0.4, 0.5) is 15.8 Å². The van der Waals surface area contributed by atoms with Crippen LogP contribution in [0.25, 0.3) is 0 Å². The summed E-state index contributed by atoms with van der Waals surface area (Å²) in [5, 5.41) is 14.9. The number of hydrogen-bond acceptors (Lipinski definition) is 7. The maximum atomic E-state index is 13.5. The van der Waals surface area contributed by atoms with Gasteiger partial charge in [-0.05, 0) is 42.7 Å². The van der Waals surface area contributed by atoms with E-state index in [1.54, 1.807) is 12.1 Å². The topological polar surface area (TPSA) is 105 Å². The zero-order valence-electron chi connectivity index (χ0n) is 18.2. The third-order valence-corrected chi connectivity index (χ3v) is 7.99. The maximum absolute atomic E-state index is 13.5.